The van der Waals surface area contributed by atoms with Gasteiger partial charge in [0, 0.05) is 5.66 Å². The molecule has 0 aliphatic rings. The molecule has 0 fully saturated rings. The monoisotopic (exact) mass is 432 g/mol. The Bertz CT molecular complexity index is 845. The smallest absolute Gasteiger partial charge is 0.289 e. The largest absolute Gasteiger partial charge is 0.394 e. The van der Waals surface area contributed by atoms with Crippen molar-refractivity contribution >= 4 is 25.0 Å². The molecule has 29 heavy (non-hydrogen) atoms. The van der Waals surface area contributed by atoms with Crippen LogP contribution < -0.4 is 10.5 Å². The van der Waals surface area contributed by atoms with E-state index in [1.165, 1.54) is 10.9 Å². The highest BCUT2D eigenvalue weighted by atomic mass is 31.1. The van der Waals surface area contributed by atoms with Gasteiger partial charge in [0.25, 0.3) is 12.1 Å². The first-order valence-electron chi connectivity index (χ1n) is 9.46. The molecular formula is C17H31N5O6P+. The lowest BCUT2D eigenvalue weighted by atomic mass is 10.1. The maximum Gasteiger partial charge on any atom is 0.289 e. The molecule has 12 heteroatoms. The molecule has 0 bridgehead atoms. The SMILES string of the molecule is CCC(C)[PH](=O)OC(C)(C)CCOC([C@H](O)CO)n1cnc2c(N)[n+](O)cnc21. The molecule has 2 rings (SSSR count). The predicted molar refractivity (Wildman–Crippen MR) is 106 cm³/mol. The van der Waals surface area contributed by atoms with Gasteiger partial charge >= 0.3 is 0 Å². The van der Waals surface area contributed by atoms with E-state index in [0.29, 0.717) is 11.2 Å². The Balaban J connectivity index is 2.13. The minimum atomic E-state index is -2.19. The normalized spacial score (nSPS) is 16.6. The van der Waals surface area contributed by atoms with E-state index in [1.54, 1.807) is 0 Å². The van der Waals surface area contributed by atoms with Crippen LogP contribution in [0.2, 0.25) is 0 Å². The van der Waals surface area contributed by atoms with Gasteiger partial charge in [-0.3, -0.25) is 9.13 Å². The average Bonchev–Trinajstić information content (AvgIpc) is 3.10. The zero-order chi connectivity index (χ0) is 21.8. The van der Waals surface area contributed by atoms with Crippen LogP contribution in [0.1, 0.15) is 46.8 Å². The van der Waals surface area contributed by atoms with Crippen molar-refractivity contribution in [2.75, 3.05) is 18.9 Å². The molecule has 0 saturated heterocycles. The maximum absolute atomic E-state index is 12.2. The zero-order valence-electron chi connectivity index (χ0n) is 17.1. The van der Waals surface area contributed by atoms with E-state index in [-0.39, 0.29) is 29.2 Å². The molecule has 0 aromatic carbocycles. The van der Waals surface area contributed by atoms with Gasteiger partial charge in [0.05, 0.1) is 18.8 Å². The molecule has 2 aromatic rings. The van der Waals surface area contributed by atoms with Crippen LogP contribution in [0.4, 0.5) is 5.82 Å². The summed E-state index contributed by atoms with van der Waals surface area (Å²) >= 11 is 0. The number of aliphatic hydroxyl groups is 2. The Morgan fingerprint density at radius 1 is 1.41 bits per heavy atom. The molecule has 0 saturated carbocycles. The molecule has 164 valence electrons. The van der Waals surface area contributed by atoms with Crippen LogP contribution in [-0.2, 0) is 13.8 Å². The third-order valence-corrected chi connectivity index (χ3v) is 6.69. The molecule has 0 spiro atoms. The Labute approximate surface area is 169 Å². The van der Waals surface area contributed by atoms with Gasteiger partial charge in [-0.25, -0.2) is 4.98 Å². The van der Waals surface area contributed by atoms with Crippen molar-refractivity contribution in [1.29, 1.82) is 0 Å². The molecule has 3 unspecified atom stereocenters. The van der Waals surface area contributed by atoms with E-state index < -0.39 is 32.6 Å². The predicted octanol–water partition coefficient (Wildman–Crippen LogP) is 0.865. The topological polar surface area (TPSA) is 157 Å². The highest BCUT2D eigenvalue weighted by Gasteiger charge is 2.29. The summed E-state index contributed by atoms with van der Waals surface area (Å²) in [5.41, 5.74) is 5.60. The third-order valence-electron chi connectivity index (χ3n) is 4.72. The fourth-order valence-corrected chi connectivity index (χ4v) is 3.79. The van der Waals surface area contributed by atoms with Gasteiger partial charge < -0.3 is 30.4 Å². The van der Waals surface area contributed by atoms with E-state index in [9.17, 15) is 20.0 Å². The standard InChI is InChI=1S/C17H30N5O6P/c1-5-11(2)29(26)28-17(3,4)6-7-27-16(12(24)8-23)21-9-19-13-14(18)22(25)10-20-15(13)21/h9-12,16,18,23-25,29H,5-8H2,1-4H3/p+1/t11?,12-,16?/m1/s1. The number of nitrogens with zero attached hydrogens (tertiary/aromatic N) is 4. The Morgan fingerprint density at radius 2 is 2.10 bits per heavy atom. The average molecular weight is 432 g/mol. The van der Waals surface area contributed by atoms with Crippen molar-refractivity contribution in [3.8, 4) is 0 Å². The lowest BCUT2D eigenvalue weighted by molar-refractivity contribution is -0.894. The first kappa shape index (κ1) is 23.5. The van der Waals surface area contributed by atoms with Crippen molar-refractivity contribution in [2.45, 2.75) is 64.1 Å². The number of hydrogen-bond acceptors (Lipinski definition) is 9. The van der Waals surface area contributed by atoms with Crippen molar-refractivity contribution in [1.82, 2.24) is 14.5 Å². The van der Waals surface area contributed by atoms with Gasteiger partial charge in [-0.05, 0) is 26.7 Å². The first-order valence-corrected chi connectivity index (χ1v) is 10.9. The van der Waals surface area contributed by atoms with Crippen molar-refractivity contribution in [2.24, 2.45) is 0 Å². The van der Waals surface area contributed by atoms with Crippen LogP contribution in [-0.4, -0.2) is 60.5 Å². The van der Waals surface area contributed by atoms with Gasteiger partial charge in [0.2, 0.25) is 11.2 Å². The van der Waals surface area contributed by atoms with E-state index in [2.05, 4.69) is 9.97 Å². The molecular weight excluding hydrogens is 401 g/mol. The molecule has 2 aromatic heterocycles. The van der Waals surface area contributed by atoms with Gasteiger partial charge in [-0.15, -0.1) is 0 Å². The highest BCUT2D eigenvalue weighted by molar-refractivity contribution is 7.40. The van der Waals surface area contributed by atoms with Crippen molar-refractivity contribution < 1.29 is 34.0 Å². The summed E-state index contributed by atoms with van der Waals surface area (Å²) in [5.74, 6) is -0.0179. The molecule has 0 aliphatic heterocycles. The number of anilines is 1. The fraction of sp³-hybridized carbons (Fsp3) is 0.706. The van der Waals surface area contributed by atoms with Crippen LogP contribution in [0.5, 0.6) is 0 Å². The van der Waals surface area contributed by atoms with Crippen LogP contribution >= 0.6 is 8.03 Å². The Kier molecular flexibility index (Phi) is 7.95. The summed E-state index contributed by atoms with van der Waals surface area (Å²) in [6.45, 7) is 7.12. The fourth-order valence-electron chi connectivity index (χ4n) is 2.61. The molecule has 0 aliphatic carbocycles. The number of rotatable bonds is 11. The van der Waals surface area contributed by atoms with Gasteiger partial charge in [-0.1, -0.05) is 23.6 Å². The van der Waals surface area contributed by atoms with E-state index in [1.807, 2.05) is 27.7 Å². The van der Waals surface area contributed by atoms with Gasteiger partial charge in [-0.2, -0.15) is 0 Å². The maximum atomic E-state index is 12.2. The molecule has 0 amide bonds. The quantitative estimate of drug-likeness (QED) is 0.230. The van der Waals surface area contributed by atoms with Gasteiger partial charge in [0.1, 0.15) is 12.4 Å². The van der Waals surface area contributed by atoms with Crippen molar-refractivity contribution in [3.63, 3.8) is 0 Å². The van der Waals surface area contributed by atoms with Crippen LogP contribution in [0.15, 0.2) is 12.7 Å². The number of nitrogens with two attached hydrogens (primary N) is 1. The molecule has 2 heterocycles. The van der Waals surface area contributed by atoms with E-state index >= 15 is 0 Å². The lowest BCUT2D eigenvalue weighted by Crippen LogP contribution is -2.35. The van der Waals surface area contributed by atoms with Crippen molar-refractivity contribution in [3.05, 3.63) is 12.7 Å². The van der Waals surface area contributed by atoms with E-state index in [4.69, 9.17) is 15.0 Å². The number of nitrogen functional groups attached to an aromatic ring is 1. The lowest BCUT2D eigenvalue weighted by Gasteiger charge is -2.28. The molecule has 5 N–H and O–H groups in total. The second kappa shape index (κ2) is 9.82. The number of fused-ring (bicyclic) bond motifs is 1. The summed E-state index contributed by atoms with van der Waals surface area (Å²) in [4.78, 5) is 8.16. The number of imidazole rings is 1. The third kappa shape index (κ3) is 5.64. The number of aliphatic hydroxyl groups excluding tert-OH is 2. The second-order valence-corrected chi connectivity index (χ2v) is 9.38. The zero-order valence-corrected chi connectivity index (χ0v) is 18.1. The number of hydrogen-bond donors (Lipinski definition) is 4. The molecule has 11 nitrogen and oxygen atoms in total. The summed E-state index contributed by atoms with van der Waals surface area (Å²) in [6, 6.07) is 0. The Hall–Kier alpha value is -1.78. The minimum Gasteiger partial charge on any atom is -0.394 e. The van der Waals surface area contributed by atoms with E-state index in [0.717, 1.165) is 12.7 Å². The second-order valence-electron chi connectivity index (χ2n) is 7.55. The molecule has 4 atom stereocenters. The highest BCUT2D eigenvalue weighted by Crippen LogP contribution is 2.38. The summed E-state index contributed by atoms with van der Waals surface area (Å²) in [7, 11) is -2.19. The summed E-state index contributed by atoms with van der Waals surface area (Å²) in [5, 5.41) is 29.3. The summed E-state index contributed by atoms with van der Waals surface area (Å²) in [6.07, 6.45) is 1.40. The number of aromatic nitrogens is 4. The number of ether oxygens (including phenoxy) is 1. The van der Waals surface area contributed by atoms with Gasteiger partial charge in [0.15, 0.2) is 14.3 Å². The Morgan fingerprint density at radius 3 is 2.72 bits per heavy atom. The first-order chi connectivity index (χ1) is 13.6. The molecule has 0 radical (unpaired) electrons. The van der Waals surface area contributed by atoms with Crippen LogP contribution in [0.25, 0.3) is 11.2 Å². The minimum absolute atomic E-state index is 0.00714. The summed E-state index contributed by atoms with van der Waals surface area (Å²) < 4.78 is 25.8. The van der Waals surface area contributed by atoms with Crippen LogP contribution in [0.3, 0.4) is 0 Å². The van der Waals surface area contributed by atoms with Crippen LogP contribution in [0, 0.1) is 0 Å².